The maximum atomic E-state index is 3.67. The van der Waals surface area contributed by atoms with Crippen LogP contribution in [-0.4, -0.2) is 9.55 Å². The van der Waals surface area contributed by atoms with E-state index in [2.05, 4.69) is 88.4 Å². The van der Waals surface area contributed by atoms with E-state index in [1.54, 1.807) is 0 Å². The molecule has 0 saturated heterocycles. The van der Waals surface area contributed by atoms with Gasteiger partial charge in [0.15, 0.2) is 0 Å². The molecule has 2 nitrogen and oxygen atoms in total. The van der Waals surface area contributed by atoms with Gasteiger partial charge < -0.3 is 9.55 Å². The van der Waals surface area contributed by atoms with Gasteiger partial charge in [-0.05, 0) is 42.7 Å². The third-order valence-corrected chi connectivity index (χ3v) is 5.64. The first-order valence-corrected chi connectivity index (χ1v) is 9.19. The summed E-state index contributed by atoms with van der Waals surface area (Å²) in [6, 6.07) is 28.2. The van der Waals surface area contributed by atoms with Gasteiger partial charge in [0.1, 0.15) is 0 Å². The highest BCUT2D eigenvalue weighted by Gasteiger charge is 2.27. The molecule has 0 fully saturated rings. The summed E-state index contributed by atoms with van der Waals surface area (Å²) in [5, 5.41) is 2.70. The van der Waals surface area contributed by atoms with E-state index in [1.165, 1.54) is 50.0 Å². The third-order valence-electron chi connectivity index (χ3n) is 5.64. The number of H-pyrrole nitrogens is 1. The highest BCUT2D eigenvalue weighted by molar-refractivity contribution is 6.04. The van der Waals surface area contributed by atoms with Crippen molar-refractivity contribution < 1.29 is 0 Å². The van der Waals surface area contributed by atoms with Gasteiger partial charge in [0, 0.05) is 33.2 Å². The molecule has 3 aromatic carbocycles. The smallest absolute Gasteiger partial charge is 0.0597 e. The van der Waals surface area contributed by atoms with Gasteiger partial charge in [-0.1, -0.05) is 54.6 Å². The van der Waals surface area contributed by atoms with Crippen molar-refractivity contribution >= 4 is 21.8 Å². The van der Waals surface area contributed by atoms with Crippen LogP contribution in [0.1, 0.15) is 11.3 Å². The number of rotatable bonds is 1. The summed E-state index contributed by atoms with van der Waals surface area (Å²) in [6.45, 7) is 0. The number of aryl methyl sites for hydroxylation is 2. The zero-order valence-corrected chi connectivity index (χ0v) is 14.4. The van der Waals surface area contributed by atoms with Crippen LogP contribution in [-0.2, 0) is 12.8 Å². The Morgan fingerprint density at radius 3 is 2.31 bits per heavy atom. The molecule has 124 valence electrons. The number of fused-ring (bicyclic) bond motifs is 7. The second kappa shape index (κ2) is 5.12. The van der Waals surface area contributed by atoms with Crippen molar-refractivity contribution in [2.75, 3.05) is 0 Å². The second-order valence-corrected chi connectivity index (χ2v) is 7.04. The van der Waals surface area contributed by atoms with Crippen LogP contribution in [0.25, 0.3) is 38.8 Å². The molecule has 2 heteroatoms. The fourth-order valence-corrected chi connectivity index (χ4v) is 4.57. The quantitative estimate of drug-likeness (QED) is 0.395. The monoisotopic (exact) mass is 334 g/mol. The Labute approximate surface area is 151 Å². The van der Waals surface area contributed by atoms with E-state index in [9.17, 15) is 0 Å². The maximum absolute atomic E-state index is 3.67. The first kappa shape index (κ1) is 14.0. The Morgan fingerprint density at radius 1 is 0.692 bits per heavy atom. The van der Waals surface area contributed by atoms with E-state index in [4.69, 9.17) is 0 Å². The lowest BCUT2D eigenvalue weighted by Crippen LogP contribution is -2.05. The topological polar surface area (TPSA) is 20.7 Å². The first-order chi connectivity index (χ1) is 12.9. The Balaban J connectivity index is 1.82. The summed E-state index contributed by atoms with van der Waals surface area (Å²) in [4.78, 5) is 3.67. The van der Waals surface area contributed by atoms with E-state index in [-0.39, 0.29) is 0 Å². The molecule has 0 spiro atoms. The van der Waals surface area contributed by atoms with E-state index in [1.807, 2.05) is 0 Å². The molecule has 0 saturated carbocycles. The number of benzene rings is 3. The highest BCUT2D eigenvalue weighted by Crippen LogP contribution is 2.44. The van der Waals surface area contributed by atoms with E-state index in [0.29, 0.717) is 0 Å². The molecule has 1 N–H and O–H groups in total. The van der Waals surface area contributed by atoms with Crippen LogP contribution in [0.3, 0.4) is 0 Å². The predicted octanol–water partition coefficient (Wildman–Crippen LogP) is 5.88. The lowest BCUT2D eigenvalue weighted by Gasteiger charge is -2.17. The van der Waals surface area contributed by atoms with Crippen molar-refractivity contribution in [3.05, 3.63) is 90.1 Å². The minimum Gasteiger partial charge on any atom is -0.358 e. The van der Waals surface area contributed by atoms with Gasteiger partial charge in [-0.25, -0.2) is 0 Å². The fraction of sp³-hybridized carbons (Fsp3) is 0.0833. The number of aromatic nitrogens is 2. The average molecular weight is 334 g/mol. The van der Waals surface area contributed by atoms with Crippen LogP contribution in [0.4, 0.5) is 0 Å². The molecule has 1 aliphatic carbocycles. The normalized spacial score (nSPS) is 13.1. The van der Waals surface area contributed by atoms with Crippen LogP contribution < -0.4 is 0 Å². The van der Waals surface area contributed by atoms with E-state index >= 15 is 0 Å². The summed E-state index contributed by atoms with van der Waals surface area (Å²) < 4.78 is 2.45. The summed E-state index contributed by atoms with van der Waals surface area (Å²) >= 11 is 0. The Morgan fingerprint density at radius 2 is 1.42 bits per heavy atom. The highest BCUT2D eigenvalue weighted by atomic mass is 15.0. The molecular weight excluding hydrogens is 316 g/mol. The number of nitrogens with zero attached hydrogens (tertiary/aromatic N) is 1. The van der Waals surface area contributed by atoms with Crippen molar-refractivity contribution in [1.82, 2.24) is 9.55 Å². The number of aromatic amines is 1. The zero-order chi connectivity index (χ0) is 17.1. The van der Waals surface area contributed by atoms with Gasteiger partial charge in [0.2, 0.25) is 0 Å². The number of hydrogen-bond donors (Lipinski definition) is 1. The molecule has 2 aromatic heterocycles. The number of nitrogens with one attached hydrogen (secondary N) is 1. The summed E-state index contributed by atoms with van der Waals surface area (Å²) in [5.74, 6) is 0. The summed E-state index contributed by atoms with van der Waals surface area (Å²) in [5.41, 5.74) is 9.32. The molecule has 0 aliphatic heterocycles. The molecule has 26 heavy (non-hydrogen) atoms. The maximum Gasteiger partial charge on any atom is 0.0597 e. The standard InChI is InChI=1S/C24H18N2/c1-2-8-16(9-3-1)26-22-13-7-5-10-17(22)18-14-15-21-23(24(18)26)19-11-4-6-12-20(19)25-21/h1-13,25H,14-15H2. The SMILES string of the molecule is c1ccc(-n2c3c(c4ccccc42)CCc2[nH]c4ccccc4c2-3)cc1. The summed E-state index contributed by atoms with van der Waals surface area (Å²) in [6.07, 6.45) is 2.15. The molecule has 0 unspecified atom stereocenters. The van der Waals surface area contributed by atoms with Crippen LogP contribution in [0.15, 0.2) is 78.9 Å². The van der Waals surface area contributed by atoms with Gasteiger partial charge >= 0.3 is 0 Å². The average Bonchev–Trinajstić information content (AvgIpc) is 3.24. The van der Waals surface area contributed by atoms with E-state index < -0.39 is 0 Å². The molecule has 0 bridgehead atoms. The molecule has 0 amide bonds. The second-order valence-electron chi connectivity index (χ2n) is 7.04. The molecule has 1 aliphatic rings. The van der Waals surface area contributed by atoms with Crippen LogP contribution in [0.5, 0.6) is 0 Å². The molecular formula is C24H18N2. The van der Waals surface area contributed by atoms with Gasteiger partial charge in [-0.3, -0.25) is 0 Å². The Kier molecular flexibility index (Phi) is 2.75. The zero-order valence-electron chi connectivity index (χ0n) is 14.4. The Hall–Kier alpha value is -3.26. The molecule has 0 atom stereocenters. The first-order valence-electron chi connectivity index (χ1n) is 9.19. The van der Waals surface area contributed by atoms with Gasteiger partial charge in [0.25, 0.3) is 0 Å². The number of para-hydroxylation sites is 3. The van der Waals surface area contributed by atoms with Crippen molar-refractivity contribution in [3.63, 3.8) is 0 Å². The van der Waals surface area contributed by atoms with Crippen LogP contribution >= 0.6 is 0 Å². The Bertz CT molecular complexity index is 1270. The summed E-state index contributed by atoms with van der Waals surface area (Å²) in [7, 11) is 0. The predicted molar refractivity (Wildman–Crippen MR) is 108 cm³/mol. The molecule has 5 aromatic rings. The van der Waals surface area contributed by atoms with Crippen molar-refractivity contribution in [2.45, 2.75) is 12.8 Å². The third kappa shape index (κ3) is 1.76. The fourth-order valence-electron chi connectivity index (χ4n) is 4.57. The van der Waals surface area contributed by atoms with Gasteiger partial charge in [-0.15, -0.1) is 0 Å². The van der Waals surface area contributed by atoms with Gasteiger partial charge in [-0.2, -0.15) is 0 Å². The van der Waals surface area contributed by atoms with Crippen molar-refractivity contribution in [2.24, 2.45) is 0 Å². The molecule has 0 radical (unpaired) electrons. The van der Waals surface area contributed by atoms with Gasteiger partial charge in [0.05, 0.1) is 11.2 Å². The van der Waals surface area contributed by atoms with Crippen LogP contribution in [0.2, 0.25) is 0 Å². The molecule has 6 rings (SSSR count). The minimum atomic E-state index is 1.07. The van der Waals surface area contributed by atoms with E-state index in [0.717, 1.165) is 12.8 Å². The lowest BCUT2D eigenvalue weighted by molar-refractivity contribution is 0.909. The van der Waals surface area contributed by atoms with Crippen molar-refractivity contribution in [1.29, 1.82) is 0 Å². The van der Waals surface area contributed by atoms with Crippen LogP contribution in [0, 0.1) is 0 Å². The van der Waals surface area contributed by atoms with Crippen molar-refractivity contribution in [3.8, 4) is 16.9 Å². The minimum absolute atomic E-state index is 1.07. The number of hydrogen-bond acceptors (Lipinski definition) is 0. The molecule has 2 heterocycles. The largest absolute Gasteiger partial charge is 0.358 e. The lowest BCUT2D eigenvalue weighted by atomic mass is 9.92.